The maximum atomic E-state index is 13.7. The van der Waals surface area contributed by atoms with Crippen molar-refractivity contribution in [2.45, 2.75) is 6.92 Å². The molecule has 7 heteroatoms. The number of hydrogen-bond donors (Lipinski definition) is 1. The lowest BCUT2D eigenvalue weighted by Crippen LogP contribution is -2.22. The van der Waals surface area contributed by atoms with Crippen molar-refractivity contribution in [2.75, 3.05) is 5.32 Å². The van der Waals surface area contributed by atoms with Crippen molar-refractivity contribution in [3.8, 4) is 5.69 Å². The highest BCUT2D eigenvalue weighted by molar-refractivity contribution is 6.04. The number of carbonyl (C=O) groups is 1. The topological polar surface area (TPSA) is 64.0 Å². The van der Waals surface area contributed by atoms with Crippen LogP contribution in [0.4, 0.5) is 14.5 Å². The highest BCUT2D eigenvalue weighted by Gasteiger charge is 2.14. The van der Waals surface area contributed by atoms with Crippen LogP contribution in [-0.4, -0.2) is 15.5 Å². The molecule has 0 atom stereocenters. The molecule has 0 unspecified atom stereocenters. The van der Waals surface area contributed by atoms with Gasteiger partial charge in [-0.3, -0.25) is 14.2 Å². The lowest BCUT2D eigenvalue weighted by atomic mass is 10.1. The summed E-state index contributed by atoms with van der Waals surface area (Å²) in [5, 5.41) is 2.83. The Morgan fingerprint density at radius 1 is 0.966 bits per heavy atom. The first-order chi connectivity index (χ1) is 14.0. The fourth-order valence-electron chi connectivity index (χ4n) is 3.10. The van der Waals surface area contributed by atoms with Gasteiger partial charge in [0.25, 0.3) is 11.5 Å². The summed E-state index contributed by atoms with van der Waals surface area (Å²) in [6.45, 7) is 1.72. The number of amides is 1. The number of benzene rings is 3. The van der Waals surface area contributed by atoms with Crippen molar-refractivity contribution in [3.63, 3.8) is 0 Å². The summed E-state index contributed by atoms with van der Waals surface area (Å²) in [5.41, 5.74) is 0.924. The number of anilines is 1. The van der Waals surface area contributed by atoms with E-state index in [1.54, 1.807) is 37.3 Å². The van der Waals surface area contributed by atoms with Crippen LogP contribution < -0.4 is 10.9 Å². The van der Waals surface area contributed by atoms with Crippen LogP contribution in [0.2, 0.25) is 0 Å². The van der Waals surface area contributed by atoms with Crippen molar-refractivity contribution in [2.24, 2.45) is 0 Å². The Balaban J connectivity index is 1.66. The smallest absolute Gasteiger partial charge is 0.265 e. The first kappa shape index (κ1) is 18.5. The quantitative estimate of drug-likeness (QED) is 0.569. The third-order valence-corrected chi connectivity index (χ3v) is 4.53. The first-order valence-electron chi connectivity index (χ1n) is 8.80. The molecule has 0 radical (unpaired) electrons. The van der Waals surface area contributed by atoms with Gasteiger partial charge in [-0.1, -0.05) is 18.2 Å². The molecule has 0 aliphatic heterocycles. The zero-order valence-corrected chi connectivity index (χ0v) is 15.3. The summed E-state index contributed by atoms with van der Waals surface area (Å²) in [7, 11) is 0. The zero-order valence-electron chi connectivity index (χ0n) is 15.3. The van der Waals surface area contributed by atoms with E-state index in [9.17, 15) is 18.4 Å². The summed E-state index contributed by atoms with van der Waals surface area (Å²) in [6.07, 6.45) is 0. The van der Waals surface area contributed by atoms with Crippen LogP contribution in [0.5, 0.6) is 0 Å². The number of nitrogens with one attached hydrogen (secondary N) is 1. The van der Waals surface area contributed by atoms with E-state index in [1.165, 1.54) is 28.8 Å². The standard InChI is InChI=1S/C22H15F2N3O2/c1-13-25-18-7-3-2-5-16(18)22(29)27(13)15-11-9-14(10-12-15)21(28)26-19-8-4-6-17(23)20(19)24/h2-12H,1H3,(H,26,28). The van der Waals surface area contributed by atoms with E-state index in [0.717, 1.165) is 6.07 Å². The Morgan fingerprint density at radius 2 is 1.69 bits per heavy atom. The van der Waals surface area contributed by atoms with Crippen LogP contribution in [0.15, 0.2) is 71.5 Å². The predicted molar refractivity (Wildman–Crippen MR) is 106 cm³/mol. The van der Waals surface area contributed by atoms with Crippen LogP contribution in [0.1, 0.15) is 16.2 Å². The van der Waals surface area contributed by atoms with Gasteiger partial charge in [-0.15, -0.1) is 0 Å². The summed E-state index contributed by atoms with van der Waals surface area (Å²) < 4.78 is 28.5. The fraction of sp³-hybridized carbons (Fsp3) is 0.0455. The van der Waals surface area contributed by atoms with E-state index < -0.39 is 17.5 Å². The van der Waals surface area contributed by atoms with Gasteiger partial charge in [0.15, 0.2) is 11.6 Å². The SMILES string of the molecule is Cc1nc2ccccc2c(=O)n1-c1ccc(C(=O)Nc2cccc(F)c2F)cc1. The molecule has 0 bridgehead atoms. The van der Waals surface area contributed by atoms with Crippen LogP contribution >= 0.6 is 0 Å². The van der Waals surface area contributed by atoms with Gasteiger partial charge < -0.3 is 5.32 Å². The molecule has 0 aliphatic rings. The van der Waals surface area contributed by atoms with E-state index in [-0.39, 0.29) is 16.8 Å². The second-order valence-corrected chi connectivity index (χ2v) is 6.42. The molecule has 29 heavy (non-hydrogen) atoms. The van der Waals surface area contributed by atoms with E-state index in [4.69, 9.17) is 0 Å². The van der Waals surface area contributed by atoms with E-state index in [2.05, 4.69) is 10.3 Å². The van der Waals surface area contributed by atoms with Gasteiger partial charge >= 0.3 is 0 Å². The van der Waals surface area contributed by atoms with Gasteiger partial charge in [-0.25, -0.2) is 13.8 Å². The van der Waals surface area contributed by atoms with Crippen molar-refractivity contribution in [1.82, 2.24) is 9.55 Å². The van der Waals surface area contributed by atoms with Gasteiger partial charge in [0.2, 0.25) is 0 Å². The summed E-state index contributed by atoms with van der Waals surface area (Å²) in [4.78, 5) is 29.6. The first-order valence-corrected chi connectivity index (χ1v) is 8.80. The Labute approximate surface area is 164 Å². The van der Waals surface area contributed by atoms with E-state index in [1.807, 2.05) is 6.07 Å². The van der Waals surface area contributed by atoms with Gasteiger partial charge in [-0.2, -0.15) is 0 Å². The summed E-state index contributed by atoms with van der Waals surface area (Å²) in [6, 6.07) is 16.8. The number of aryl methyl sites for hydroxylation is 1. The highest BCUT2D eigenvalue weighted by atomic mass is 19.2. The van der Waals surface area contributed by atoms with E-state index in [0.29, 0.717) is 22.4 Å². The Bertz CT molecular complexity index is 1300. The minimum atomic E-state index is -1.12. The maximum Gasteiger partial charge on any atom is 0.265 e. The molecule has 0 saturated carbocycles. The summed E-state index contributed by atoms with van der Waals surface area (Å²) in [5.74, 6) is -2.26. The van der Waals surface area contributed by atoms with Gasteiger partial charge in [0.1, 0.15) is 5.82 Å². The molecule has 0 fully saturated rings. The molecule has 0 saturated heterocycles. The molecule has 1 amide bonds. The number of carbonyl (C=O) groups excluding carboxylic acids is 1. The summed E-state index contributed by atoms with van der Waals surface area (Å²) >= 11 is 0. The third-order valence-electron chi connectivity index (χ3n) is 4.53. The Kier molecular flexibility index (Phi) is 4.64. The average Bonchev–Trinajstić information content (AvgIpc) is 2.72. The van der Waals surface area contributed by atoms with Crippen LogP contribution in [0, 0.1) is 18.6 Å². The monoisotopic (exact) mass is 391 g/mol. The van der Waals surface area contributed by atoms with Gasteiger partial charge in [-0.05, 0) is 55.5 Å². The van der Waals surface area contributed by atoms with Gasteiger partial charge in [0, 0.05) is 5.56 Å². The molecule has 1 aromatic heterocycles. The fourth-order valence-corrected chi connectivity index (χ4v) is 3.10. The predicted octanol–water partition coefficient (Wildman–Crippen LogP) is 4.22. The molecule has 4 rings (SSSR count). The molecule has 5 nitrogen and oxygen atoms in total. The van der Waals surface area contributed by atoms with Crippen molar-refractivity contribution >= 4 is 22.5 Å². The second-order valence-electron chi connectivity index (χ2n) is 6.42. The van der Waals surface area contributed by atoms with Crippen molar-refractivity contribution < 1.29 is 13.6 Å². The molecule has 144 valence electrons. The largest absolute Gasteiger partial charge is 0.319 e. The van der Waals surface area contributed by atoms with Gasteiger partial charge in [0.05, 0.1) is 22.3 Å². The molecular formula is C22H15F2N3O2. The Hall–Kier alpha value is -3.87. The molecule has 1 N–H and O–H groups in total. The van der Waals surface area contributed by atoms with Crippen LogP contribution in [0.3, 0.4) is 0 Å². The zero-order chi connectivity index (χ0) is 20.5. The average molecular weight is 391 g/mol. The second kappa shape index (κ2) is 7.27. The molecular weight excluding hydrogens is 376 g/mol. The number of halogens is 2. The van der Waals surface area contributed by atoms with E-state index >= 15 is 0 Å². The number of aromatic nitrogens is 2. The molecule has 4 aromatic rings. The Morgan fingerprint density at radius 3 is 2.45 bits per heavy atom. The number of para-hydroxylation sites is 1. The number of nitrogens with zero attached hydrogens (tertiary/aromatic N) is 2. The highest BCUT2D eigenvalue weighted by Crippen LogP contribution is 2.18. The molecule has 3 aromatic carbocycles. The minimum absolute atomic E-state index is 0.216. The molecule has 0 spiro atoms. The number of hydrogen-bond acceptors (Lipinski definition) is 3. The normalized spacial score (nSPS) is 10.9. The van der Waals surface area contributed by atoms with Crippen LogP contribution in [0.25, 0.3) is 16.6 Å². The lowest BCUT2D eigenvalue weighted by Gasteiger charge is -2.12. The number of rotatable bonds is 3. The number of fused-ring (bicyclic) bond motifs is 1. The third kappa shape index (κ3) is 3.38. The van der Waals surface area contributed by atoms with Crippen molar-refractivity contribution in [3.05, 3.63) is 100 Å². The minimum Gasteiger partial charge on any atom is -0.319 e. The maximum absolute atomic E-state index is 13.7. The lowest BCUT2D eigenvalue weighted by molar-refractivity contribution is 0.102. The van der Waals surface area contributed by atoms with Crippen LogP contribution in [-0.2, 0) is 0 Å². The molecule has 0 aliphatic carbocycles. The molecule has 1 heterocycles. The van der Waals surface area contributed by atoms with Crippen molar-refractivity contribution in [1.29, 1.82) is 0 Å².